The van der Waals surface area contributed by atoms with E-state index in [1.807, 2.05) is 4.90 Å². The van der Waals surface area contributed by atoms with E-state index >= 15 is 0 Å². The van der Waals surface area contributed by atoms with E-state index in [1.54, 1.807) is 11.3 Å². The second-order valence-electron chi connectivity index (χ2n) is 10.4. The first-order valence-corrected chi connectivity index (χ1v) is 15.6. The van der Waals surface area contributed by atoms with Gasteiger partial charge in [-0.2, -0.15) is 0 Å². The second kappa shape index (κ2) is 16.3. The first-order chi connectivity index (χ1) is 20.0. The molecule has 3 N–H and O–H groups in total. The molecule has 0 spiro atoms. The Kier molecular flexibility index (Phi) is 12.6. The number of aromatic nitrogens is 3. The number of rotatable bonds is 18. The van der Waals surface area contributed by atoms with Gasteiger partial charge in [-0.1, -0.05) is 13.3 Å². The lowest BCUT2D eigenvalue weighted by atomic mass is 9.96. The molecule has 1 amide bonds. The highest BCUT2D eigenvalue weighted by molar-refractivity contribution is 7.19. The summed E-state index contributed by atoms with van der Waals surface area (Å²) in [6.45, 7) is 9.67. The fourth-order valence-electron chi connectivity index (χ4n) is 5.16. The summed E-state index contributed by atoms with van der Waals surface area (Å²) in [5, 5.41) is 8.64. The van der Waals surface area contributed by atoms with Crippen LogP contribution in [-0.4, -0.2) is 103 Å². The van der Waals surface area contributed by atoms with Crippen molar-refractivity contribution >= 4 is 44.3 Å². The van der Waals surface area contributed by atoms with Gasteiger partial charge in [0.15, 0.2) is 5.82 Å². The average molecular weight is 592 g/mol. The molecule has 1 saturated heterocycles. The number of pyridine rings is 1. The van der Waals surface area contributed by atoms with Gasteiger partial charge in [0.05, 0.1) is 68.6 Å². The van der Waals surface area contributed by atoms with Crippen molar-refractivity contribution in [1.29, 1.82) is 0 Å². The molecule has 4 heterocycles. The Balaban J connectivity index is 1.21. The lowest BCUT2D eigenvalue weighted by Gasteiger charge is -2.32. The maximum absolute atomic E-state index is 12.7. The maximum Gasteiger partial charge on any atom is 0.248 e. The number of anilines is 1. The standard InChI is InChI=1S/C29H45N5O6S/c1-3-4-5-24-32-26-27(28-23(31-29(26)30)18-21(2)41-28)34(24)19-22-6-8-33(9-7-22)25(36)20-40-17-16-39-15-14-38-13-12-37-11-10-35/h18,22,35H,3-17,19-20H2,1-2H3,(H2,30,31). The number of aryl methyl sites for hydroxylation is 2. The Labute approximate surface area is 245 Å². The fourth-order valence-corrected chi connectivity index (χ4v) is 6.17. The lowest BCUT2D eigenvalue weighted by Crippen LogP contribution is -2.41. The number of hydrogen-bond donors (Lipinski definition) is 2. The predicted octanol–water partition coefficient (Wildman–Crippen LogP) is 3.18. The van der Waals surface area contributed by atoms with Crippen molar-refractivity contribution in [2.24, 2.45) is 5.92 Å². The number of aliphatic hydroxyl groups excluding tert-OH is 1. The van der Waals surface area contributed by atoms with Crippen LogP contribution >= 0.6 is 11.3 Å². The number of carbonyl (C=O) groups excluding carboxylic acids is 1. The van der Waals surface area contributed by atoms with Gasteiger partial charge in [0.25, 0.3) is 0 Å². The van der Waals surface area contributed by atoms with Gasteiger partial charge in [-0.25, -0.2) is 9.97 Å². The minimum absolute atomic E-state index is 0.0149. The van der Waals surface area contributed by atoms with E-state index in [0.717, 1.165) is 78.8 Å². The zero-order valence-electron chi connectivity index (χ0n) is 24.4. The van der Waals surface area contributed by atoms with Gasteiger partial charge in [-0.15, -0.1) is 11.3 Å². The van der Waals surface area contributed by atoms with Crippen molar-refractivity contribution in [3.05, 3.63) is 16.8 Å². The number of nitrogens with two attached hydrogens (primary N) is 1. The van der Waals surface area contributed by atoms with E-state index in [-0.39, 0.29) is 19.1 Å². The third kappa shape index (κ3) is 8.82. The number of thiophene rings is 1. The number of ether oxygens (including phenoxy) is 4. The van der Waals surface area contributed by atoms with Gasteiger partial charge in [0, 0.05) is 30.9 Å². The Bertz CT molecular complexity index is 1240. The molecule has 0 atom stereocenters. The zero-order chi connectivity index (χ0) is 29.0. The van der Waals surface area contributed by atoms with Crippen molar-refractivity contribution in [1.82, 2.24) is 19.4 Å². The summed E-state index contributed by atoms with van der Waals surface area (Å²) in [7, 11) is 0. The van der Waals surface area contributed by atoms with Crippen molar-refractivity contribution in [2.45, 2.75) is 52.5 Å². The van der Waals surface area contributed by atoms with Crippen LogP contribution in [0.4, 0.5) is 5.82 Å². The predicted molar refractivity (Wildman–Crippen MR) is 160 cm³/mol. The van der Waals surface area contributed by atoms with Gasteiger partial charge in [-0.3, -0.25) is 4.79 Å². The van der Waals surface area contributed by atoms with Gasteiger partial charge in [-0.05, 0) is 38.2 Å². The molecule has 1 aliphatic rings. The lowest BCUT2D eigenvalue weighted by molar-refractivity contribution is -0.138. The zero-order valence-corrected chi connectivity index (χ0v) is 25.3. The normalized spacial score (nSPS) is 14.6. The average Bonchev–Trinajstić information content (AvgIpc) is 3.52. The van der Waals surface area contributed by atoms with Crippen molar-refractivity contribution in [2.75, 3.05) is 78.3 Å². The fraction of sp³-hybridized carbons (Fsp3) is 0.690. The highest BCUT2D eigenvalue weighted by Gasteiger charge is 2.26. The van der Waals surface area contributed by atoms with Crippen LogP contribution in [-0.2, 0) is 36.7 Å². The SMILES string of the molecule is CCCCc1nc2c(N)nc3cc(C)sc3c2n1CC1CCN(C(=O)COCCOCCOCCOCCO)CC1. The highest BCUT2D eigenvalue weighted by atomic mass is 32.1. The molecule has 3 aromatic rings. The summed E-state index contributed by atoms with van der Waals surface area (Å²) in [4.78, 5) is 25.4. The molecule has 0 unspecified atom stereocenters. The Morgan fingerprint density at radius 2 is 1.71 bits per heavy atom. The molecular formula is C29H45N5O6S. The number of carbonyl (C=O) groups is 1. The second-order valence-corrected chi connectivity index (χ2v) is 11.7. The number of piperidine rings is 1. The number of likely N-dealkylation sites (tertiary alicyclic amines) is 1. The van der Waals surface area contributed by atoms with Gasteiger partial charge < -0.3 is 39.3 Å². The quantitative estimate of drug-likeness (QED) is 0.214. The summed E-state index contributed by atoms with van der Waals surface area (Å²) >= 11 is 1.75. The van der Waals surface area contributed by atoms with E-state index in [2.05, 4.69) is 29.5 Å². The first-order valence-electron chi connectivity index (χ1n) is 14.8. The Hall–Kier alpha value is -2.35. The summed E-state index contributed by atoms with van der Waals surface area (Å²) < 4.78 is 25.1. The van der Waals surface area contributed by atoms with E-state index in [0.29, 0.717) is 58.0 Å². The molecular weight excluding hydrogens is 546 g/mol. The number of aliphatic hydroxyl groups is 1. The third-order valence-corrected chi connectivity index (χ3v) is 8.37. The van der Waals surface area contributed by atoms with Crippen LogP contribution in [0.1, 0.15) is 43.3 Å². The van der Waals surface area contributed by atoms with E-state index < -0.39 is 0 Å². The van der Waals surface area contributed by atoms with Crippen LogP contribution in [0.3, 0.4) is 0 Å². The molecule has 0 radical (unpaired) electrons. The van der Waals surface area contributed by atoms with Gasteiger partial charge in [0.1, 0.15) is 17.9 Å². The third-order valence-electron chi connectivity index (χ3n) is 7.32. The summed E-state index contributed by atoms with van der Waals surface area (Å²) in [6.07, 6.45) is 4.99. The monoisotopic (exact) mass is 591 g/mol. The number of nitrogen functional groups attached to an aromatic ring is 1. The number of amides is 1. The van der Waals surface area contributed by atoms with Crippen LogP contribution in [0.5, 0.6) is 0 Å². The number of unbranched alkanes of at least 4 members (excludes halogenated alkanes) is 1. The van der Waals surface area contributed by atoms with E-state index in [9.17, 15) is 4.79 Å². The summed E-state index contributed by atoms with van der Waals surface area (Å²) in [5.74, 6) is 2.07. The topological polar surface area (TPSA) is 134 Å². The molecule has 0 aliphatic carbocycles. The van der Waals surface area contributed by atoms with Crippen LogP contribution in [0.15, 0.2) is 6.07 Å². The largest absolute Gasteiger partial charge is 0.394 e. The molecule has 41 heavy (non-hydrogen) atoms. The van der Waals surface area contributed by atoms with Crippen molar-refractivity contribution in [3.8, 4) is 0 Å². The van der Waals surface area contributed by atoms with Gasteiger partial charge >= 0.3 is 0 Å². The van der Waals surface area contributed by atoms with Gasteiger partial charge in [0.2, 0.25) is 5.91 Å². The minimum Gasteiger partial charge on any atom is -0.394 e. The number of hydrogen-bond acceptors (Lipinski definition) is 10. The van der Waals surface area contributed by atoms with Crippen molar-refractivity contribution in [3.63, 3.8) is 0 Å². The van der Waals surface area contributed by atoms with Crippen LogP contribution in [0.25, 0.3) is 21.3 Å². The number of nitrogens with zero attached hydrogens (tertiary/aromatic N) is 4. The first kappa shape index (κ1) is 31.6. The molecule has 0 aromatic carbocycles. The van der Waals surface area contributed by atoms with Crippen LogP contribution < -0.4 is 5.73 Å². The highest BCUT2D eigenvalue weighted by Crippen LogP contribution is 2.35. The molecule has 11 nitrogen and oxygen atoms in total. The Morgan fingerprint density at radius 3 is 2.37 bits per heavy atom. The minimum atomic E-state index is 0.0149. The molecule has 3 aromatic heterocycles. The summed E-state index contributed by atoms with van der Waals surface area (Å²) in [6, 6.07) is 2.10. The summed E-state index contributed by atoms with van der Waals surface area (Å²) in [5.41, 5.74) is 9.24. The van der Waals surface area contributed by atoms with E-state index in [4.69, 9.17) is 34.8 Å². The molecule has 228 valence electrons. The number of imidazole rings is 1. The van der Waals surface area contributed by atoms with Crippen LogP contribution in [0, 0.1) is 12.8 Å². The van der Waals surface area contributed by atoms with E-state index in [1.165, 1.54) is 4.88 Å². The molecule has 4 rings (SSSR count). The van der Waals surface area contributed by atoms with Crippen molar-refractivity contribution < 1.29 is 28.8 Å². The number of fused-ring (bicyclic) bond motifs is 3. The van der Waals surface area contributed by atoms with Crippen LogP contribution in [0.2, 0.25) is 0 Å². The maximum atomic E-state index is 12.7. The Morgan fingerprint density at radius 1 is 1.05 bits per heavy atom. The molecule has 0 saturated carbocycles. The molecule has 0 bridgehead atoms. The smallest absolute Gasteiger partial charge is 0.248 e. The molecule has 12 heteroatoms. The molecule has 1 aliphatic heterocycles. The molecule has 1 fully saturated rings.